The van der Waals surface area contributed by atoms with Crippen molar-refractivity contribution in [2.75, 3.05) is 31.3 Å². The fourth-order valence-electron chi connectivity index (χ4n) is 3.57. The Morgan fingerprint density at radius 2 is 2.03 bits per heavy atom. The number of nitrogens with zero attached hydrogens (tertiary/aromatic N) is 3. The molecular weight excluding hydrogens is 424 g/mol. The number of ether oxygens (including phenoxy) is 1. The van der Waals surface area contributed by atoms with Crippen LogP contribution in [0, 0.1) is 0 Å². The number of amides is 1. The molecule has 8 nitrogen and oxygen atoms in total. The van der Waals surface area contributed by atoms with E-state index in [-0.39, 0.29) is 22.3 Å². The standard InChI is InChI=1S/C20H26N4O4S2/c1-28-17-8-5-15(13-18(17)30(26,27)23-10-3-2-4-11-23)22-19(25)14-29-20-21-9-12-24(20)16-6-7-16/h5,8-9,12-13,16H,2-4,6-7,10-11,14H2,1H3,(H,22,25). The highest BCUT2D eigenvalue weighted by molar-refractivity contribution is 7.99. The predicted molar refractivity (Wildman–Crippen MR) is 115 cm³/mol. The Balaban J connectivity index is 1.45. The molecule has 1 saturated heterocycles. The second-order valence-electron chi connectivity index (χ2n) is 7.52. The van der Waals surface area contributed by atoms with Crippen LogP contribution in [0.1, 0.15) is 38.1 Å². The summed E-state index contributed by atoms with van der Waals surface area (Å²) in [6, 6.07) is 5.22. The van der Waals surface area contributed by atoms with Crippen molar-refractivity contribution in [2.24, 2.45) is 0 Å². The van der Waals surface area contributed by atoms with Crippen molar-refractivity contribution in [3.8, 4) is 5.75 Å². The van der Waals surface area contributed by atoms with Gasteiger partial charge < -0.3 is 14.6 Å². The van der Waals surface area contributed by atoms with Crippen LogP contribution in [0.15, 0.2) is 40.6 Å². The Labute approximate surface area is 181 Å². The molecule has 4 rings (SSSR count). The third-order valence-corrected chi connectivity index (χ3v) is 8.19. The molecule has 2 fully saturated rings. The van der Waals surface area contributed by atoms with Crippen LogP contribution in [0.3, 0.4) is 0 Å². The van der Waals surface area contributed by atoms with Gasteiger partial charge in [0.2, 0.25) is 15.9 Å². The zero-order chi connectivity index (χ0) is 21.1. The lowest BCUT2D eigenvalue weighted by Gasteiger charge is -2.26. The van der Waals surface area contributed by atoms with Gasteiger partial charge in [-0.2, -0.15) is 4.31 Å². The number of piperidine rings is 1. The van der Waals surface area contributed by atoms with Gasteiger partial charge in [0.1, 0.15) is 10.6 Å². The van der Waals surface area contributed by atoms with Crippen molar-refractivity contribution in [1.82, 2.24) is 13.9 Å². The molecule has 2 aromatic rings. The quantitative estimate of drug-likeness (QED) is 0.621. The van der Waals surface area contributed by atoms with Gasteiger partial charge in [-0.15, -0.1) is 0 Å². The number of methoxy groups -OCH3 is 1. The summed E-state index contributed by atoms with van der Waals surface area (Å²) in [7, 11) is -2.23. The highest BCUT2D eigenvalue weighted by Gasteiger charge is 2.29. The number of rotatable bonds is 8. The largest absolute Gasteiger partial charge is 0.495 e. The summed E-state index contributed by atoms with van der Waals surface area (Å²) in [6.45, 7) is 1.01. The molecule has 1 amide bonds. The van der Waals surface area contributed by atoms with Gasteiger partial charge in [-0.3, -0.25) is 4.79 Å². The molecular formula is C20H26N4O4S2. The fourth-order valence-corrected chi connectivity index (χ4v) is 6.09. The summed E-state index contributed by atoms with van der Waals surface area (Å²) in [5.41, 5.74) is 0.433. The van der Waals surface area contributed by atoms with E-state index in [2.05, 4.69) is 14.9 Å². The van der Waals surface area contributed by atoms with Crippen molar-refractivity contribution in [3.05, 3.63) is 30.6 Å². The summed E-state index contributed by atoms with van der Waals surface area (Å²) in [5.74, 6) is 0.264. The maximum Gasteiger partial charge on any atom is 0.246 e. The minimum atomic E-state index is -3.68. The van der Waals surface area contributed by atoms with E-state index < -0.39 is 10.0 Å². The van der Waals surface area contributed by atoms with Crippen LogP contribution in [0.4, 0.5) is 5.69 Å². The number of hydrogen-bond acceptors (Lipinski definition) is 6. The van der Waals surface area contributed by atoms with E-state index in [1.165, 1.54) is 29.2 Å². The molecule has 1 saturated carbocycles. The summed E-state index contributed by atoms with van der Waals surface area (Å²) < 4.78 is 35.1. The van der Waals surface area contributed by atoms with E-state index in [4.69, 9.17) is 4.74 Å². The Hall–Kier alpha value is -2.04. The zero-order valence-electron chi connectivity index (χ0n) is 16.9. The van der Waals surface area contributed by atoms with Crippen LogP contribution in [-0.4, -0.2) is 54.1 Å². The number of thioether (sulfide) groups is 1. The normalized spacial score (nSPS) is 17.6. The van der Waals surface area contributed by atoms with Gasteiger partial charge in [-0.05, 0) is 43.9 Å². The summed E-state index contributed by atoms with van der Waals surface area (Å²) >= 11 is 1.38. The van der Waals surface area contributed by atoms with Gasteiger partial charge in [0.25, 0.3) is 0 Å². The van der Waals surface area contributed by atoms with Crippen LogP contribution in [0.2, 0.25) is 0 Å². The Morgan fingerprint density at radius 1 is 1.27 bits per heavy atom. The molecule has 1 aliphatic heterocycles. The molecule has 0 atom stereocenters. The maximum atomic E-state index is 13.1. The number of aromatic nitrogens is 2. The van der Waals surface area contributed by atoms with Crippen LogP contribution < -0.4 is 10.1 Å². The average molecular weight is 451 g/mol. The van der Waals surface area contributed by atoms with Crippen LogP contribution >= 0.6 is 11.8 Å². The lowest BCUT2D eigenvalue weighted by Crippen LogP contribution is -2.35. The smallest absolute Gasteiger partial charge is 0.246 e. The molecule has 0 unspecified atom stereocenters. The third-order valence-electron chi connectivity index (χ3n) is 5.29. The van der Waals surface area contributed by atoms with Gasteiger partial charge in [0.05, 0.1) is 12.9 Å². The van der Waals surface area contributed by atoms with Gasteiger partial charge >= 0.3 is 0 Å². The average Bonchev–Trinajstić information content (AvgIpc) is 3.50. The van der Waals surface area contributed by atoms with Crippen LogP contribution in [-0.2, 0) is 14.8 Å². The SMILES string of the molecule is COc1ccc(NC(=O)CSc2nccn2C2CC2)cc1S(=O)(=O)N1CCCCC1. The summed E-state index contributed by atoms with van der Waals surface area (Å²) in [6.07, 6.45) is 8.73. The second-order valence-corrected chi connectivity index (χ2v) is 10.4. The first kappa shape index (κ1) is 21.2. The molecule has 1 aliphatic carbocycles. The lowest BCUT2D eigenvalue weighted by molar-refractivity contribution is -0.113. The number of anilines is 1. The molecule has 1 aromatic carbocycles. The molecule has 162 valence electrons. The third kappa shape index (κ3) is 4.65. The number of carbonyl (C=O) groups is 1. The van der Waals surface area contributed by atoms with Crippen molar-refractivity contribution in [3.63, 3.8) is 0 Å². The summed E-state index contributed by atoms with van der Waals surface area (Å²) in [4.78, 5) is 16.9. The van der Waals surface area contributed by atoms with Crippen molar-refractivity contribution in [2.45, 2.75) is 48.2 Å². The van der Waals surface area contributed by atoms with Crippen molar-refractivity contribution < 1.29 is 17.9 Å². The second kappa shape index (κ2) is 8.99. The number of hydrogen-bond donors (Lipinski definition) is 1. The Kier molecular flexibility index (Phi) is 6.35. The minimum Gasteiger partial charge on any atom is -0.495 e. The predicted octanol–water partition coefficient (Wildman–Crippen LogP) is 3.13. The Bertz CT molecular complexity index is 1010. The van der Waals surface area contributed by atoms with E-state index in [9.17, 15) is 13.2 Å². The first-order chi connectivity index (χ1) is 14.5. The van der Waals surface area contributed by atoms with E-state index in [1.807, 2.05) is 6.20 Å². The molecule has 0 spiro atoms. The van der Waals surface area contributed by atoms with E-state index in [1.54, 1.807) is 18.3 Å². The van der Waals surface area contributed by atoms with Crippen molar-refractivity contribution >= 4 is 33.4 Å². The van der Waals surface area contributed by atoms with E-state index in [0.29, 0.717) is 24.8 Å². The van der Waals surface area contributed by atoms with E-state index >= 15 is 0 Å². The first-order valence-electron chi connectivity index (χ1n) is 10.1. The zero-order valence-corrected chi connectivity index (χ0v) is 18.5. The molecule has 2 heterocycles. The highest BCUT2D eigenvalue weighted by Crippen LogP contribution is 2.37. The van der Waals surface area contributed by atoms with Crippen molar-refractivity contribution in [1.29, 1.82) is 0 Å². The molecule has 10 heteroatoms. The lowest BCUT2D eigenvalue weighted by atomic mass is 10.2. The first-order valence-corrected chi connectivity index (χ1v) is 12.6. The molecule has 1 aromatic heterocycles. The van der Waals surface area contributed by atoms with Gasteiger partial charge in [0.15, 0.2) is 5.16 Å². The van der Waals surface area contributed by atoms with Gasteiger partial charge in [-0.1, -0.05) is 18.2 Å². The maximum absolute atomic E-state index is 13.1. The molecule has 30 heavy (non-hydrogen) atoms. The number of benzene rings is 1. The number of sulfonamides is 1. The minimum absolute atomic E-state index is 0.0848. The topological polar surface area (TPSA) is 93.5 Å². The number of carbonyl (C=O) groups excluding carboxylic acids is 1. The van der Waals surface area contributed by atoms with Crippen LogP contribution in [0.5, 0.6) is 5.75 Å². The highest BCUT2D eigenvalue weighted by atomic mass is 32.2. The molecule has 2 aliphatic rings. The number of imidazole rings is 1. The summed E-state index contributed by atoms with van der Waals surface area (Å²) in [5, 5.41) is 3.63. The van der Waals surface area contributed by atoms with E-state index in [0.717, 1.165) is 37.3 Å². The fraction of sp³-hybridized carbons (Fsp3) is 0.500. The monoisotopic (exact) mass is 450 g/mol. The number of nitrogens with one attached hydrogen (secondary N) is 1. The molecule has 1 N–H and O–H groups in total. The van der Waals surface area contributed by atoms with Gasteiger partial charge in [-0.25, -0.2) is 13.4 Å². The molecule has 0 bridgehead atoms. The Morgan fingerprint density at radius 3 is 2.73 bits per heavy atom. The molecule has 0 radical (unpaired) electrons. The van der Waals surface area contributed by atoms with Crippen LogP contribution in [0.25, 0.3) is 0 Å². The van der Waals surface area contributed by atoms with Gasteiger partial charge in [0, 0.05) is 37.2 Å².